The number of phenols is 1. The van der Waals surface area contributed by atoms with Crippen molar-refractivity contribution in [2.75, 3.05) is 19.5 Å². The summed E-state index contributed by atoms with van der Waals surface area (Å²) >= 11 is 3.46. The quantitative estimate of drug-likeness (QED) is 0.798. The summed E-state index contributed by atoms with van der Waals surface area (Å²) in [7, 11) is 3.14. The summed E-state index contributed by atoms with van der Waals surface area (Å²) in [6, 6.07) is 7.80. The highest BCUT2D eigenvalue weighted by atomic mass is 79.9. The smallest absolute Gasteiger partial charge is 0.166 e. The molecule has 0 bridgehead atoms. The molecular weight excluding hydrogens is 341 g/mol. The fraction of sp³-hybridized carbons (Fsp3) is 0.200. The summed E-state index contributed by atoms with van der Waals surface area (Å²) in [4.78, 5) is 0. The van der Waals surface area contributed by atoms with E-state index in [1.54, 1.807) is 20.3 Å². The number of phenolic OH excluding ortho intramolecular Hbond substituents is 1. The molecule has 0 aliphatic rings. The SMILES string of the molecule is COc1cc(Br)c(CNc2ccc(O)c(F)c2)cc1OC. The molecule has 0 amide bonds. The van der Waals surface area contributed by atoms with Gasteiger partial charge in [-0.1, -0.05) is 15.9 Å². The Bertz CT molecular complexity index is 649. The number of ether oxygens (including phenoxy) is 2. The fourth-order valence-corrected chi connectivity index (χ4v) is 2.31. The lowest BCUT2D eigenvalue weighted by Crippen LogP contribution is -2.02. The van der Waals surface area contributed by atoms with Crippen LogP contribution < -0.4 is 14.8 Å². The molecule has 0 unspecified atom stereocenters. The predicted octanol–water partition coefficient (Wildman–Crippen LogP) is 3.92. The van der Waals surface area contributed by atoms with Gasteiger partial charge in [0.1, 0.15) is 0 Å². The van der Waals surface area contributed by atoms with E-state index in [0.717, 1.165) is 10.0 Å². The first kappa shape index (κ1) is 15.4. The van der Waals surface area contributed by atoms with Gasteiger partial charge in [-0.05, 0) is 29.8 Å². The molecule has 21 heavy (non-hydrogen) atoms. The van der Waals surface area contributed by atoms with Crippen LogP contribution in [0.15, 0.2) is 34.8 Å². The Labute approximate surface area is 130 Å². The van der Waals surface area contributed by atoms with Crippen LogP contribution in [0, 0.1) is 5.82 Å². The van der Waals surface area contributed by atoms with Crippen LogP contribution in [0.25, 0.3) is 0 Å². The van der Waals surface area contributed by atoms with Gasteiger partial charge >= 0.3 is 0 Å². The summed E-state index contributed by atoms with van der Waals surface area (Å²) < 4.78 is 24.6. The first-order valence-corrected chi connectivity index (χ1v) is 6.97. The van der Waals surface area contributed by atoms with Crippen LogP contribution in [-0.4, -0.2) is 19.3 Å². The molecule has 0 saturated carbocycles. The molecule has 2 aromatic rings. The summed E-state index contributed by atoms with van der Waals surface area (Å²) in [5.41, 5.74) is 1.51. The maximum Gasteiger partial charge on any atom is 0.166 e. The Balaban J connectivity index is 2.17. The van der Waals surface area contributed by atoms with Crippen LogP contribution in [-0.2, 0) is 6.54 Å². The Kier molecular flexibility index (Phi) is 4.90. The minimum absolute atomic E-state index is 0.368. The van der Waals surface area contributed by atoms with Crippen LogP contribution in [0.2, 0.25) is 0 Å². The summed E-state index contributed by atoms with van der Waals surface area (Å²) in [6.45, 7) is 0.463. The van der Waals surface area contributed by atoms with Crippen molar-refractivity contribution in [2.24, 2.45) is 0 Å². The molecular formula is C15H15BrFNO3. The van der Waals surface area contributed by atoms with Crippen LogP contribution in [0.3, 0.4) is 0 Å². The average Bonchev–Trinajstić information content (AvgIpc) is 2.49. The lowest BCUT2D eigenvalue weighted by molar-refractivity contribution is 0.354. The van der Waals surface area contributed by atoms with Crippen molar-refractivity contribution in [1.82, 2.24) is 0 Å². The van der Waals surface area contributed by atoms with E-state index >= 15 is 0 Å². The molecule has 112 valence electrons. The van der Waals surface area contributed by atoms with E-state index in [2.05, 4.69) is 21.2 Å². The summed E-state index contributed by atoms with van der Waals surface area (Å²) in [5, 5.41) is 12.2. The molecule has 2 N–H and O–H groups in total. The first-order valence-electron chi connectivity index (χ1n) is 6.18. The highest BCUT2D eigenvalue weighted by molar-refractivity contribution is 9.10. The normalized spacial score (nSPS) is 10.3. The molecule has 0 aliphatic heterocycles. The first-order chi connectivity index (χ1) is 10.0. The topological polar surface area (TPSA) is 50.7 Å². The number of methoxy groups -OCH3 is 2. The third kappa shape index (κ3) is 3.58. The van der Waals surface area contributed by atoms with Gasteiger partial charge in [0, 0.05) is 22.8 Å². The van der Waals surface area contributed by atoms with E-state index in [1.807, 2.05) is 12.1 Å². The molecule has 0 fully saturated rings. The maximum absolute atomic E-state index is 13.3. The Morgan fingerprint density at radius 2 is 1.81 bits per heavy atom. The minimum Gasteiger partial charge on any atom is -0.505 e. The molecule has 0 radical (unpaired) electrons. The van der Waals surface area contributed by atoms with Gasteiger partial charge in [-0.2, -0.15) is 0 Å². The van der Waals surface area contributed by atoms with Gasteiger partial charge in [0.25, 0.3) is 0 Å². The highest BCUT2D eigenvalue weighted by Crippen LogP contribution is 2.33. The molecule has 2 rings (SSSR count). The number of hydrogen-bond donors (Lipinski definition) is 2. The van der Waals surface area contributed by atoms with E-state index in [9.17, 15) is 4.39 Å². The Morgan fingerprint density at radius 1 is 1.14 bits per heavy atom. The molecule has 2 aromatic carbocycles. The number of rotatable bonds is 5. The third-order valence-corrected chi connectivity index (χ3v) is 3.72. The van der Waals surface area contributed by atoms with Gasteiger partial charge < -0.3 is 19.9 Å². The Hall–Kier alpha value is -1.95. The average molecular weight is 356 g/mol. The van der Waals surface area contributed by atoms with Crippen LogP contribution >= 0.6 is 15.9 Å². The molecule has 0 aromatic heterocycles. The molecule has 0 atom stereocenters. The van der Waals surface area contributed by atoms with Gasteiger partial charge in [0.2, 0.25) is 0 Å². The van der Waals surface area contributed by atoms with E-state index < -0.39 is 5.82 Å². The molecule has 0 aliphatic carbocycles. The van der Waals surface area contributed by atoms with E-state index in [4.69, 9.17) is 14.6 Å². The lowest BCUT2D eigenvalue weighted by atomic mass is 10.2. The number of nitrogens with one attached hydrogen (secondary N) is 1. The van der Waals surface area contributed by atoms with Crippen LogP contribution in [0.5, 0.6) is 17.2 Å². The molecule has 4 nitrogen and oxygen atoms in total. The fourth-order valence-electron chi connectivity index (χ4n) is 1.85. The number of anilines is 1. The van der Waals surface area contributed by atoms with Gasteiger partial charge in [0.15, 0.2) is 23.1 Å². The molecule has 0 spiro atoms. The van der Waals surface area contributed by atoms with Crippen molar-refractivity contribution < 1.29 is 19.0 Å². The van der Waals surface area contributed by atoms with E-state index in [-0.39, 0.29) is 5.75 Å². The van der Waals surface area contributed by atoms with Crippen molar-refractivity contribution in [1.29, 1.82) is 0 Å². The number of hydrogen-bond acceptors (Lipinski definition) is 4. The molecule has 0 saturated heterocycles. The van der Waals surface area contributed by atoms with Crippen LogP contribution in [0.1, 0.15) is 5.56 Å². The Morgan fingerprint density at radius 3 is 2.43 bits per heavy atom. The van der Waals surface area contributed by atoms with Crippen LogP contribution in [0.4, 0.5) is 10.1 Å². The second-order valence-electron chi connectivity index (χ2n) is 4.32. The summed E-state index contributed by atoms with van der Waals surface area (Å²) in [6.07, 6.45) is 0. The van der Waals surface area contributed by atoms with Gasteiger partial charge in [-0.3, -0.25) is 0 Å². The van der Waals surface area contributed by atoms with E-state index in [1.165, 1.54) is 12.1 Å². The summed E-state index contributed by atoms with van der Waals surface area (Å²) in [5.74, 6) is 0.220. The standard InChI is InChI=1S/C15H15BrFNO3/c1-20-14-5-9(11(16)7-15(14)21-2)8-18-10-3-4-13(19)12(17)6-10/h3-7,18-19H,8H2,1-2H3. The predicted molar refractivity (Wildman–Crippen MR) is 82.6 cm³/mol. The molecule has 6 heteroatoms. The number of halogens is 2. The van der Waals surface area contributed by atoms with Gasteiger partial charge in [-0.25, -0.2) is 4.39 Å². The van der Waals surface area contributed by atoms with Gasteiger partial charge in [0.05, 0.1) is 14.2 Å². The zero-order valence-electron chi connectivity index (χ0n) is 11.6. The zero-order chi connectivity index (χ0) is 15.4. The second kappa shape index (κ2) is 6.67. The maximum atomic E-state index is 13.3. The highest BCUT2D eigenvalue weighted by Gasteiger charge is 2.10. The number of benzene rings is 2. The third-order valence-electron chi connectivity index (χ3n) is 2.98. The minimum atomic E-state index is -0.661. The van der Waals surface area contributed by atoms with Crippen molar-refractivity contribution in [3.05, 3.63) is 46.2 Å². The van der Waals surface area contributed by atoms with Gasteiger partial charge in [-0.15, -0.1) is 0 Å². The number of aromatic hydroxyl groups is 1. The van der Waals surface area contributed by atoms with Crippen molar-refractivity contribution in [3.63, 3.8) is 0 Å². The zero-order valence-corrected chi connectivity index (χ0v) is 13.2. The van der Waals surface area contributed by atoms with Crippen molar-refractivity contribution in [2.45, 2.75) is 6.54 Å². The molecule has 0 heterocycles. The lowest BCUT2D eigenvalue weighted by Gasteiger charge is -2.13. The van der Waals surface area contributed by atoms with Crippen molar-refractivity contribution >= 4 is 21.6 Å². The van der Waals surface area contributed by atoms with E-state index in [0.29, 0.717) is 23.7 Å². The largest absolute Gasteiger partial charge is 0.505 e. The second-order valence-corrected chi connectivity index (χ2v) is 5.17. The monoisotopic (exact) mass is 355 g/mol. The van der Waals surface area contributed by atoms with Crippen molar-refractivity contribution in [3.8, 4) is 17.2 Å².